The molecule has 176 valence electrons. The molecule has 3 rings (SSSR count). The van der Waals surface area contributed by atoms with E-state index < -0.39 is 27.9 Å². The first-order chi connectivity index (χ1) is 15.6. The van der Waals surface area contributed by atoms with E-state index in [-0.39, 0.29) is 24.0 Å². The number of hydrogen-bond acceptors (Lipinski definition) is 5. The molecule has 2 aromatic carbocycles. The summed E-state index contributed by atoms with van der Waals surface area (Å²) in [4.78, 5) is 25.2. The van der Waals surface area contributed by atoms with Crippen molar-refractivity contribution < 1.29 is 22.7 Å². The Morgan fingerprint density at radius 3 is 2.39 bits per heavy atom. The summed E-state index contributed by atoms with van der Waals surface area (Å²) >= 11 is 0. The zero-order chi connectivity index (χ0) is 24.2. The van der Waals surface area contributed by atoms with Gasteiger partial charge in [-0.1, -0.05) is 35.9 Å². The molecule has 0 aliphatic carbocycles. The molecule has 2 N–H and O–H groups in total. The third kappa shape index (κ3) is 5.73. The molecule has 0 unspecified atom stereocenters. The number of aryl methyl sites for hydroxylation is 3. The van der Waals surface area contributed by atoms with Gasteiger partial charge in [-0.3, -0.25) is 13.9 Å². The van der Waals surface area contributed by atoms with E-state index in [1.807, 2.05) is 39.0 Å². The van der Waals surface area contributed by atoms with E-state index in [2.05, 4.69) is 10.6 Å². The Bertz CT molecular complexity index is 1140. The molecule has 2 amide bonds. The molecule has 1 aliphatic heterocycles. The van der Waals surface area contributed by atoms with Crippen molar-refractivity contribution >= 4 is 21.8 Å². The highest BCUT2D eigenvalue weighted by Gasteiger charge is 2.37. The molecule has 0 saturated carbocycles. The van der Waals surface area contributed by atoms with E-state index in [4.69, 9.17) is 4.74 Å². The van der Waals surface area contributed by atoms with Gasteiger partial charge in [0.1, 0.15) is 18.4 Å². The summed E-state index contributed by atoms with van der Waals surface area (Å²) in [5, 5.41) is 5.27. The molecule has 0 aromatic heterocycles. The fourth-order valence-electron chi connectivity index (χ4n) is 3.56. The average Bonchev–Trinajstić information content (AvgIpc) is 2.75. The van der Waals surface area contributed by atoms with E-state index in [1.165, 1.54) is 24.5 Å². The number of ether oxygens (including phenoxy) is 1. The predicted octanol–water partition coefficient (Wildman–Crippen LogP) is 2.55. The van der Waals surface area contributed by atoms with E-state index in [1.54, 1.807) is 19.1 Å². The van der Waals surface area contributed by atoms with Gasteiger partial charge in [0.25, 0.3) is 10.0 Å². The molecule has 0 fully saturated rings. The maximum Gasteiger partial charge on any atom is 0.264 e. The zero-order valence-corrected chi connectivity index (χ0v) is 20.0. The van der Waals surface area contributed by atoms with Crippen molar-refractivity contribution in [1.82, 2.24) is 14.9 Å². The van der Waals surface area contributed by atoms with Crippen molar-refractivity contribution in [3.8, 4) is 5.75 Å². The van der Waals surface area contributed by atoms with Crippen molar-refractivity contribution in [2.75, 3.05) is 6.61 Å². The Balaban J connectivity index is 1.67. The molecule has 0 radical (unpaired) electrons. The summed E-state index contributed by atoms with van der Waals surface area (Å²) in [5.74, 6) is -0.249. The summed E-state index contributed by atoms with van der Waals surface area (Å²) in [6.45, 7) is 7.77. The SMILES string of the molecule is Cc1ccc(S(=O)(=O)N2C=CNC(=O)[C@H]2CC(=O)N[C@@H](C)COc2c(C)cccc2C)cc1. The minimum absolute atomic E-state index is 0.0493. The number of hydrogen-bond donors (Lipinski definition) is 2. The third-order valence-electron chi connectivity index (χ3n) is 5.33. The normalized spacial score (nSPS) is 16.8. The van der Waals surface area contributed by atoms with Crippen LogP contribution in [0, 0.1) is 20.8 Å². The smallest absolute Gasteiger partial charge is 0.264 e. The van der Waals surface area contributed by atoms with Gasteiger partial charge in [0, 0.05) is 12.4 Å². The lowest BCUT2D eigenvalue weighted by molar-refractivity contribution is -0.129. The second kappa shape index (κ2) is 10.1. The molecule has 2 aromatic rings. The van der Waals surface area contributed by atoms with E-state index >= 15 is 0 Å². The Morgan fingerprint density at radius 2 is 1.76 bits per heavy atom. The average molecular weight is 472 g/mol. The number of nitrogens with zero attached hydrogens (tertiary/aromatic N) is 1. The quantitative estimate of drug-likeness (QED) is 0.616. The van der Waals surface area contributed by atoms with Crippen LogP contribution in [0.3, 0.4) is 0 Å². The Morgan fingerprint density at radius 1 is 1.12 bits per heavy atom. The van der Waals surface area contributed by atoms with E-state index in [0.717, 1.165) is 26.7 Å². The van der Waals surface area contributed by atoms with Gasteiger partial charge in [-0.25, -0.2) is 8.42 Å². The van der Waals surface area contributed by atoms with Crippen LogP contribution >= 0.6 is 0 Å². The minimum atomic E-state index is -4.01. The molecular formula is C24H29N3O5S. The fraction of sp³-hybridized carbons (Fsp3) is 0.333. The Labute approximate surface area is 194 Å². The molecule has 9 heteroatoms. The van der Waals surface area contributed by atoms with Crippen molar-refractivity contribution in [3.63, 3.8) is 0 Å². The van der Waals surface area contributed by atoms with Gasteiger partial charge in [-0.15, -0.1) is 0 Å². The van der Waals surface area contributed by atoms with Gasteiger partial charge in [0.15, 0.2) is 0 Å². The highest BCUT2D eigenvalue weighted by atomic mass is 32.2. The van der Waals surface area contributed by atoms with Crippen LogP contribution in [0.5, 0.6) is 5.75 Å². The van der Waals surface area contributed by atoms with Crippen LogP contribution in [0.15, 0.2) is 59.8 Å². The van der Waals surface area contributed by atoms with Crippen molar-refractivity contribution in [1.29, 1.82) is 0 Å². The lowest BCUT2D eigenvalue weighted by Gasteiger charge is -2.31. The Hall–Kier alpha value is -3.33. The largest absolute Gasteiger partial charge is 0.491 e. The molecule has 8 nitrogen and oxygen atoms in total. The summed E-state index contributed by atoms with van der Waals surface area (Å²) < 4.78 is 33.1. The van der Waals surface area contributed by atoms with Gasteiger partial charge in [0.2, 0.25) is 11.8 Å². The maximum atomic E-state index is 13.1. The number of sulfonamides is 1. The topological polar surface area (TPSA) is 105 Å². The van der Waals surface area contributed by atoms with E-state index in [9.17, 15) is 18.0 Å². The van der Waals surface area contributed by atoms with Gasteiger partial charge in [-0.2, -0.15) is 0 Å². The maximum absolute atomic E-state index is 13.1. The summed E-state index contributed by atoms with van der Waals surface area (Å²) in [7, 11) is -4.01. The summed E-state index contributed by atoms with van der Waals surface area (Å²) in [5.41, 5.74) is 2.90. The van der Waals surface area contributed by atoms with Crippen LogP contribution in [0.1, 0.15) is 30.0 Å². The first-order valence-electron chi connectivity index (χ1n) is 10.6. The van der Waals surface area contributed by atoms with Gasteiger partial charge < -0.3 is 15.4 Å². The highest BCUT2D eigenvalue weighted by molar-refractivity contribution is 7.89. The van der Waals surface area contributed by atoms with Crippen LogP contribution < -0.4 is 15.4 Å². The molecule has 1 heterocycles. The standard InChI is InChI=1S/C24H29N3O5S/c1-16-8-10-20(11-9-16)33(30,31)27-13-12-25-24(29)21(27)14-22(28)26-19(4)15-32-23-17(2)6-5-7-18(23)3/h5-13,19,21H,14-15H2,1-4H3,(H,25,29)(H,26,28)/t19-,21+/m0/s1. The van der Waals surface area contributed by atoms with Crippen LogP contribution in [0.2, 0.25) is 0 Å². The Kier molecular flexibility index (Phi) is 7.43. The fourth-order valence-corrected chi connectivity index (χ4v) is 5.01. The number of carbonyl (C=O) groups excluding carboxylic acids is 2. The van der Waals surface area contributed by atoms with Crippen LogP contribution in [-0.4, -0.2) is 43.2 Å². The van der Waals surface area contributed by atoms with Crippen LogP contribution in [0.4, 0.5) is 0 Å². The molecule has 1 aliphatic rings. The summed E-state index contributed by atoms with van der Waals surface area (Å²) in [6.07, 6.45) is 2.19. The number of para-hydroxylation sites is 1. The number of nitrogens with one attached hydrogen (secondary N) is 2. The highest BCUT2D eigenvalue weighted by Crippen LogP contribution is 2.24. The first-order valence-corrected chi connectivity index (χ1v) is 12.1. The number of rotatable bonds is 8. The first kappa shape index (κ1) is 24.3. The van der Waals surface area contributed by atoms with Crippen molar-refractivity contribution in [2.24, 2.45) is 0 Å². The van der Waals surface area contributed by atoms with Gasteiger partial charge in [0.05, 0.1) is 17.4 Å². The van der Waals surface area contributed by atoms with Crippen molar-refractivity contribution in [2.45, 2.75) is 51.1 Å². The molecule has 0 bridgehead atoms. The van der Waals surface area contributed by atoms with Gasteiger partial charge in [-0.05, 0) is 51.0 Å². The molecular weight excluding hydrogens is 442 g/mol. The van der Waals surface area contributed by atoms with Crippen LogP contribution in [-0.2, 0) is 19.6 Å². The second-order valence-corrected chi connectivity index (χ2v) is 10.0. The van der Waals surface area contributed by atoms with Gasteiger partial charge >= 0.3 is 0 Å². The monoisotopic (exact) mass is 471 g/mol. The lowest BCUT2D eigenvalue weighted by Crippen LogP contribution is -2.51. The lowest BCUT2D eigenvalue weighted by atomic mass is 10.1. The molecule has 0 saturated heterocycles. The van der Waals surface area contributed by atoms with E-state index in [0.29, 0.717) is 0 Å². The van der Waals surface area contributed by atoms with Crippen molar-refractivity contribution in [3.05, 3.63) is 71.6 Å². The summed E-state index contributed by atoms with van der Waals surface area (Å²) in [6, 6.07) is 10.6. The minimum Gasteiger partial charge on any atom is -0.491 e. The molecule has 2 atom stereocenters. The number of carbonyl (C=O) groups is 2. The zero-order valence-electron chi connectivity index (χ0n) is 19.2. The number of benzene rings is 2. The second-order valence-electron chi connectivity index (χ2n) is 8.19. The molecule has 33 heavy (non-hydrogen) atoms. The predicted molar refractivity (Wildman–Crippen MR) is 125 cm³/mol. The van der Waals surface area contributed by atoms with Crippen LogP contribution in [0.25, 0.3) is 0 Å². The number of amides is 2. The molecule has 0 spiro atoms. The third-order valence-corrected chi connectivity index (χ3v) is 7.13.